The van der Waals surface area contributed by atoms with E-state index in [0.717, 1.165) is 6.07 Å². The number of rotatable bonds is 3. The molecule has 1 aromatic rings. The fraction of sp³-hybridized carbons (Fsp3) is 0.200. The third kappa shape index (κ3) is 2.02. The Morgan fingerprint density at radius 3 is 2.54 bits per heavy atom. The topological polar surface area (TPSA) is 89.3 Å². The molecule has 1 heterocycles. The summed E-state index contributed by atoms with van der Waals surface area (Å²) in [4.78, 5) is 9.60. The van der Waals surface area contributed by atoms with E-state index >= 15 is 0 Å². The summed E-state index contributed by atoms with van der Waals surface area (Å²) in [5.74, 6) is 0. The van der Waals surface area contributed by atoms with Gasteiger partial charge in [-0.3, -0.25) is 10.1 Å². The fourth-order valence-electron chi connectivity index (χ4n) is 0.654. The zero-order valence-electron chi connectivity index (χ0n) is 6.55. The number of hydrogen-bond donors (Lipinski definition) is 1. The van der Waals surface area contributed by atoms with Gasteiger partial charge in [-0.1, -0.05) is 0 Å². The molecule has 0 aliphatic rings. The first kappa shape index (κ1) is 10.1. The molecule has 72 valence electrons. The van der Waals surface area contributed by atoms with Gasteiger partial charge >= 0.3 is 5.00 Å². The van der Waals surface area contributed by atoms with Crippen LogP contribution in [-0.4, -0.2) is 20.4 Å². The molecular weight excluding hydrogens is 216 g/mol. The standard InChI is InChI=1S/C5H6N2O4S2/c1-6-13(10,11)5-3-2-4(12-5)7(8)9/h2-3,6H,1H3. The maximum atomic E-state index is 11.1. The first-order valence-corrected chi connectivity index (χ1v) is 5.45. The second-order valence-electron chi connectivity index (χ2n) is 2.06. The molecule has 0 atom stereocenters. The van der Waals surface area contributed by atoms with Crippen LogP contribution in [0.15, 0.2) is 16.3 Å². The van der Waals surface area contributed by atoms with Gasteiger partial charge in [0.2, 0.25) is 10.0 Å². The van der Waals surface area contributed by atoms with Crippen molar-refractivity contribution in [3.8, 4) is 0 Å². The van der Waals surface area contributed by atoms with E-state index in [2.05, 4.69) is 4.72 Å². The molecule has 0 fully saturated rings. The van der Waals surface area contributed by atoms with Crippen LogP contribution in [0.5, 0.6) is 0 Å². The van der Waals surface area contributed by atoms with Crippen molar-refractivity contribution in [1.29, 1.82) is 0 Å². The average Bonchev–Trinajstić information content (AvgIpc) is 2.52. The van der Waals surface area contributed by atoms with Crippen molar-refractivity contribution < 1.29 is 13.3 Å². The van der Waals surface area contributed by atoms with Crippen LogP contribution in [0.4, 0.5) is 5.00 Å². The lowest BCUT2D eigenvalue weighted by atomic mass is 10.6. The first-order chi connectivity index (χ1) is 5.97. The second kappa shape index (κ2) is 3.40. The minimum absolute atomic E-state index is 0.0540. The minimum Gasteiger partial charge on any atom is -0.258 e. The van der Waals surface area contributed by atoms with Crippen LogP contribution in [0.2, 0.25) is 0 Å². The molecule has 8 heteroatoms. The number of nitro groups is 1. The van der Waals surface area contributed by atoms with Crippen molar-refractivity contribution >= 4 is 26.4 Å². The maximum Gasteiger partial charge on any atom is 0.325 e. The highest BCUT2D eigenvalue weighted by molar-refractivity contribution is 7.91. The van der Waals surface area contributed by atoms with Gasteiger partial charge in [-0.15, -0.1) is 0 Å². The molecule has 0 saturated carbocycles. The molecule has 0 saturated heterocycles. The Bertz CT molecular complexity index is 421. The van der Waals surface area contributed by atoms with Gasteiger partial charge in [-0.25, -0.2) is 13.1 Å². The predicted molar refractivity (Wildman–Crippen MR) is 47.2 cm³/mol. The molecule has 0 spiro atoms. The third-order valence-corrected chi connectivity index (χ3v) is 4.22. The van der Waals surface area contributed by atoms with Crippen molar-refractivity contribution in [2.45, 2.75) is 4.21 Å². The van der Waals surface area contributed by atoms with E-state index in [1.807, 2.05) is 0 Å². The molecule has 0 amide bonds. The quantitative estimate of drug-likeness (QED) is 0.597. The third-order valence-electron chi connectivity index (χ3n) is 1.28. The van der Waals surface area contributed by atoms with E-state index < -0.39 is 14.9 Å². The molecule has 0 unspecified atom stereocenters. The van der Waals surface area contributed by atoms with Crippen molar-refractivity contribution in [2.24, 2.45) is 0 Å². The summed E-state index contributed by atoms with van der Waals surface area (Å²) in [6.07, 6.45) is 0. The minimum atomic E-state index is -3.55. The van der Waals surface area contributed by atoms with E-state index in [0.29, 0.717) is 11.3 Å². The Labute approximate surface area is 78.4 Å². The van der Waals surface area contributed by atoms with Gasteiger partial charge in [0.05, 0.1) is 4.92 Å². The van der Waals surface area contributed by atoms with Gasteiger partial charge in [-0.2, -0.15) is 0 Å². The Kier molecular flexibility index (Phi) is 2.64. The van der Waals surface area contributed by atoms with Crippen LogP contribution in [0.3, 0.4) is 0 Å². The van der Waals surface area contributed by atoms with Crippen molar-refractivity contribution in [3.63, 3.8) is 0 Å². The Morgan fingerprint density at radius 1 is 1.54 bits per heavy atom. The van der Waals surface area contributed by atoms with Crippen molar-refractivity contribution in [1.82, 2.24) is 4.72 Å². The molecule has 13 heavy (non-hydrogen) atoms. The van der Waals surface area contributed by atoms with E-state index in [1.165, 1.54) is 13.1 Å². The Hall–Kier alpha value is -0.990. The van der Waals surface area contributed by atoms with Gasteiger partial charge in [-0.05, 0) is 24.5 Å². The van der Waals surface area contributed by atoms with Crippen LogP contribution in [0, 0.1) is 10.1 Å². The van der Waals surface area contributed by atoms with E-state index in [9.17, 15) is 18.5 Å². The molecule has 1 N–H and O–H groups in total. The molecule has 0 aliphatic heterocycles. The van der Waals surface area contributed by atoms with Crippen LogP contribution < -0.4 is 4.72 Å². The van der Waals surface area contributed by atoms with Gasteiger partial charge in [0.25, 0.3) is 0 Å². The number of sulfonamides is 1. The summed E-state index contributed by atoms with van der Waals surface area (Å²) in [5, 5.41) is 10.0. The molecule has 0 bridgehead atoms. The molecule has 1 rings (SSSR count). The highest BCUT2D eigenvalue weighted by atomic mass is 32.2. The van der Waals surface area contributed by atoms with Gasteiger partial charge in [0.1, 0.15) is 4.21 Å². The van der Waals surface area contributed by atoms with E-state index in [4.69, 9.17) is 0 Å². The molecular formula is C5H6N2O4S2. The number of thiophene rings is 1. The van der Waals surface area contributed by atoms with Crippen LogP contribution >= 0.6 is 11.3 Å². The van der Waals surface area contributed by atoms with Gasteiger partial charge in [0.15, 0.2) is 0 Å². The Morgan fingerprint density at radius 2 is 2.15 bits per heavy atom. The molecule has 0 aromatic carbocycles. The summed E-state index contributed by atoms with van der Waals surface area (Å²) in [6.45, 7) is 0. The van der Waals surface area contributed by atoms with Gasteiger partial charge in [0, 0.05) is 6.07 Å². The van der Waals surface area contributed by atoms with Gasteiger partial charge < -0.3 is 0 Å². The summed E-state index contributed by atoms with van der Waals surface area (Å²) in [6, 6.07) is 2.36. The monoisotopic (exact) mass is 222 g/mol. The Balaban J connectivity index is 3.13. The molecule has 0 aliphatic carbocycles. The highest BCUT2D eigenvalue weighted by Crippen LogP contribution is 2.27. The summed E-state index contributed by atoms with van der Waals surface area (Å²) in [7, 11) is -2.30. The van der Waals surface area contributed by atoms with E-state index in [-0.39, 0.29) is 9.21 Å². The first-order valence-electron chi connectivity index (χ1n) is 3.15. The summed E-state index contributed by atoms with van der Waals surface area (Å²) < 4.78 is 24.2. The normalized spacial score (nSPS) is 11.5. The fourth-order valence-corrected chi connectivity index (χ4v) is 2.60. The molecule has 6 nitrogen and oxygen atoms in total. The number of nitrogens with zero attached hydrogens (tertiary/aromatic N) is 1. The zero-order chi connectivity index (χ0) is 10.1. The van der Waals surface area contributed by atoms with Crippen LogP contribution in [-0.2, 0) is 10.0 Å². The lowest BCUT2D eigenvalue weighted by Crippen LogP contribution is -2.17. The maximum absolute atomic E-state index is 11.1. The smallest absolute Gasteiger partial charge is 0.258 e. The number of hydrogen-bond acceptors (Lipinski definition) is 5. The van der Waals surface area contributed by atoms with Crippen LogP contribution in [0.1, 0.15) is 0 Å². The van der Waals surface area contributed by atoms with Crippen molar-refractivity contribution in [3.05, 3.63) is 22.2 Å². The SMILES string of the molecule is CNS(=O)(=O)c1ccc([N+](=O)[O-])s1. The lowest BCUT2D eigenvalue weighted by molar-refractivity contribution is -0.380. The van der Waals surface area contributed by atoms with Crippen LogP contribution in [0.25, 0.3) is 0 Å². The second-order valence-corrected chi connectivity index (χ2v) is 5.23. The average molecular weight is 222 g/mol. The summed E-state index contributed by atoms with van der Waals surface area (Å²) in [5.41, 5.74) is 0. The van der Waals surface area contributed by atoms with E-state index in [1.54, 1.807) is 0 Å². The molecule has 0 radical (unpaired) electrons. The highest BCUT2D eigenvalue weighted by Gasteiger charge is 2.18. The summed E-state index contributed by atoms with van der Waals surface area (Å²) >= 11 is 0.623. The largest absolute Gasteiger partial charge is 0.325 e. The predicted octanol–water partition coefficient (Wildman–Crippen LogP) is 0.564. The lowest BCUT2D eigenvalue weighted by Gasteiger charge is -1.94. The van der Waals surface area contributed by atoms with Crippen molar-refractivity contribution in [2.75, 3.05) is 7.05 Å². The zero-order valence-corrected chi connectivity index (χ0v) is 8.18. The molecule has 1 aromatic heterocycles. The number of nitrogens with one attached hydrogen (secondary N) is 1.